The van der Waals surface area contributed by atoms with Crippen molar-refractivity contribution in [2.75, 3.05) is 66.1 Å². The van der Waals surface area contributed by atoms with Crippen LogP contribution in [0.5, 0.6) is 0 Å². The topological polar surface area (TPSA) is 124 Å². The van der Waals surface area contributed by atoms with Gasteiger partial charge in [-0.25, -0.2) is 0 Å². The molecule has 0 aliphatic heterocycles. The van der Waals surface area contributed by atoms with Gasteiger partial charge in [-0.05, 0) is 13.8 Å². The molecule has 0 aliphatic rings. The van der Waals surface area contributed by atoms with Crippen molar-refractivity contribution in [3.63, 3.8) is 0 Å². The summed E-state index contributed by atoms with van der Waals surface area (Å²) in [6.07, 6.45) is -0.439. The number of ketones is 2. The number of carbonyl (C=O) groups is 4. The van der Waals surface area contributed by atoms with E-state index in [-0.39, 0.29) is 50.8 Å². The summed E-state index contributed by atoms with van der Waals surface area (Å²) in [7, 11) is 0. The normalized spacial score (nSPS) is 10.5. The minimum Gasteiger partial charge on any atom is -0.463 e. The highest BCUT2D eigenvalue weighted by Crippen LogP contribution is 1.90. The van der Waals surface area contributed by atoms with Gasteiger partial charge in [-0.15, -0.1) is 0 Å². The predicted molar refractivity (Wildman–Crippen MR) is 95.8 cm³/mol. The highest BCUT2D eigenvalue weighted by atomic mass is 16.6. The summed E-state index contributed by atoms with van der Waals surface area (Å²) >= 11 is 0. The van der Waals surface area contributed by atoms with E-state index >= 15 is 0 Å². The Hall–Kier alpha value is -1.88. The molecule has 0 aromatic heterocycles. The van der Waals surface area contributed by atoms with Crippen LogP contribution in [0.3, 0.4) is 0 Å². The Labute approximate surface area is 164 Å². The van der Waals surface area contributed by atoms with Crippen molar-refractivity contribution < 1.29 is 47.6 Å². The van der Waals surface area contributed by atoms with Crippen LogP contribution in [0.25, 0.3) is 0 Å². The lowest BCUT2D eigenvalue weighted by Crippen LogP contribution is -2.16. The molecule has 0 aliphatic carbocycles. The van der Waals surface area contributed by atoms with Gasteiger partial charge in [0.2, 0.25) is 0 Å². The molecule has 0 aromatic carbocycles. The third kappa shape index (κ3) is 20.4. The second-order valence-corrected chi connectivity index (χ2v) is 5.65. The van der Waals surface area contributed by atoms with Crippen molar-refractivity contribution in [3.05, 3.63) is 0 Å². The highest BCUT2D eigenvalue weighted by Gasteiger charge is 2.06. The minimum atomic E-state index is -0.553. The van der Waals surface area contributed by atoms with Gasteiger partial charge >= 0.3 is 11.9 Å². The summed E-state index contributed by atoms with van der Waals surface area (Å²) in [5.41, 5.74) is 0. The van der Waals surface area contributed by atoms with Crippen LogP contribution < -0.4 is 0 Å². The standard InChI is InChI=1S/C18H30O10/c1-15(19)13-17(21)27-11-9-25-7-5-23-3-4-24-6-8-26-10-12-28-18(22)14-16(2)20/h3-14H2,1-2H3. The Balaban J connectivity index is 3.18. The van der Waals surface area contributed by atoms with E-state index in [0.717, 1.165) is 0 Å². The molecule has 0 bridgehead atoms. The number of hydrogen-bond donors (Lipinski definition) is 0. The fourth-order valence-electron chi connectivity index (χ4n) is 1.70. The summed E-state index contributed by atoms with van der Waals surface area (Å²) in [5.74, 6) is -1.58. The zero-order valence-corrected chi connectivity index (χ0v) is 16.6. The van der Waals surface area contributed by atoms with Gasteiger partial charge in [-0.1, -0.05) is 0 Å². The molecule has 0 amide bonds. The van der Waals surface area contributed by atoms with Crippen molar-refractivity contribution in [1.29, 1.82) is 0 Å². The molecule has 10 nitrogen and oxygen atoms in total. The van der Waals surface area contributed by atoms with Gasteiger partial charge in [-0.3, -0.25) is 19.2 Å². The van der Waals surface area contributed by atoms with E-state index in [1.54, 1.807) is 0 Å². The molecule has 0 N–H and O–H groups in total. The van der Waals surface area contributed by atoms with Gasteiger partial charge in [0.15, 0.2) is 0 Å². The fourth-order valence-corrected chi connectivity index (χ4v) is 1.70. The SMILES string of the molecule is CC(=O)CC(=O)OCCOCCOCCOCCOCCOC(=O)CC(C)=O. The van der Waals surface area contributed by atoms with E-state index in [9.17, 15) is 19.2 Å². The number of rotatable bonds is 19. The van der Waals surface area contributed by atoms with Gasteiger partial charge in [0.1, 0.15) is 37.6 Å². The Morgan fingerprint density at radius 1 is 0.464 bits per heavy atom. The van der Waals surface area contributed by atoms with Crippen LogP contribution >= 0.6 is 0 Å². The molecule has 0 spiro atoms. The molecule has 0 aromatic rings. The van der Waals surface area contributed by atoms with Crippen molar-refractivity contribution in [3.8, 4) is 0 Å². The average Bonchev–Trinajstić information content (AvgIpc) is 2.60. The van der Waals surface area contributed by atoms with Crippen molar-refractivity contribution >= 4 is 23.5 Å². The fraction of sp³-hybridized carbons (Fsp3) is 0.778. The van der Waals surface area contributed by atoms with Gasteiger partial charge in [-0.2, -0.15) is 0 Å². The van der Waals surface area contributed by atoms with Gasteiger partial charge < -0.3 is 28.4 Å². The molecular formula is C18H30O10. The van der Waals surface area contributed by atoms with E-state index in [4.69, 9.17) is 28.4 Å². The molecular weight excluding hydrogens is 376 g/mol. The van der Waals surface area contributed by atoms with Crippen molar-refractivity contribution in [1.82, 2.24) is 0 Å². The summed E-state index contributed by atoms with van der Waals surface area (Å²) in [4.78, 5) is 43.5. The summed E-state index contributed by atoms with van der Waals surface area (Å²) < 4.78 is 30.6. The largest absolute Gasteiger partial charge is 0.463 e. The molecule has 10 heteroatoms. The van der Waals surface area contributed by atoms with Crippen molar-refractivity contribution in [2.24, 2.45) is 0 Å². The molecule has 162 valence electrons. The highest BCUT2D eigenvalue weighted by molar-refractivity contribution is 5.94. The van der Waals surface area contributed by atoms with Gasteiger partial charge in [0.05, 0.1) is 52.9 Å². The number of ether oxygens (including phenoxy) is 6. The maximum atomic E-state index is 11.1. The monoisotopic (exact) mass is 406 g/mol. The molecule has 0 saturated heterocycles. The smallest absolute Gasteiger partial charge is 0.313 e. The first-order chi connectivity index (χ1) is 13.4. The van der Waals surface area contributed by atoms with Crippen LogP contribution in [-0.4, -0.2) is 89.6 Å². The quantitative estimate of drug-likeness (QED) is 0.166. The van der Waals surface area contributed by atoms with Gasteiger partial charge in [0, 0.05) is 0 Å². The van der Waals surface area contributed by atoms with Crippen LogP contribution in [0.15, 0.2) is 0 Å². The second kappa shape index (κ2) is 18.5. The lowest BCUT2D eigenvalue weighted by molar-refractivity contribution is -0.148. The predicted octanol–water partition coefficient (Wildman–Crippen LogP) is 0.0974. The first-order valence-electron chi connectivity index (χ1n) is 9.03. The first kappa shape index (κ1) is 26.1. The van der Waals surface area contributed by atoms with E-state index in [1.165, 1.54) is 13.8 Å². The van der Waals surface area contributed by atoms with Crippen LogP contribution in [0.1, 0.15) is 26.7 Å². The number of Topliss-reactive ketones (excluding diaryl/α,β-unsaturated/α-hetero) is 2. The zero-order valence-electron chi connectivity index (χ0n) is 16.6. The van der Waals surface area contributed by atoms with Crippen molar-refractivity contribution in [2.45, 2.75) is 26.7 Å². The lowest BCUT2D eigenvalue weighted by atomic mass is 10.3. The Kier molecular flexibility index (Phi) is 17.2. The third-order valence-electron chi connectivity index (χ3n) is 2.88. The van der Waals surface area contributed by atoms with E-state index in [0.29, 0.717) is 39.6 Å². The third-order valence-corrected chi connectivity index (χ3v) is 2.88. The van der Waals surface area contributed by atoms with Crippen LogP contribution in [0.4, 0.5) is 0 Å². The van der Waals surface area contributed by atoms with E-state index < -0.39 is 11.9 Å². The number of esters is 2. The molecule has 0 radical (unpaired) electrons. The molecule has 0 unspecified atom stereocenters. The van der Waals surface area contributed by atoms with Crippen LogP contribution in [0.2, 0.25) is 0 Å². The maximum Gasteiger partial charge on any atom is 0.313 e. The second-order valence-electron chi connectivity index (χ2n) is 5.65. The summed E-state index contributed by atoms with van der Waals surface area (Å²) in [6, 6.07) is 0. The van der Waals surface area contributed by atoms with Gasteiger partial charge in [0.25, 0.3) is 0 Å². The Morgan fingerprint density at radius 2 is 0.714 bits per heavy atom. The van der Waals surface area contributed by atoms with E-state index in [1.807, 2.05) is 0 Å². The minimum absolute atomic E-state index is 0.102. The molecule has 0 heterocycles. The lowest BCUT2D eigenvalue weighted by Gasteiger charge is -2.08. The molecule has 0 saturated carbocycles. The van der Waals surface area contributed by atoms with Crippen LogP contribution in [-0.2, 0) is 47.6 Å². The summed E-state index contributed by atoms with van der Waals surface area (Å²) in [5, 5.41) is 0. The number of hydrogen-bond acceptors (Lipinski definition) is 10. The molecule has 0 fully saturated rings. The molecule has 0 rings (SSSR count). The maximum absolute atomic E-state index is 11.1. The number of carbonyl (C=O) groups excluding carboxylic acids is 4. The Morgan fingerprint density at radius 3 is 0.964 bits per heavy atom. The van der Waals surface area contributed by atoms with E-state index in [2.05, 4.69) is 0 Å². The van der Waals surface area contributed by atoms with Crippen LogP contribution in [0, 0.1) is 0 Å². The summed E-state index contributed by atoms with van der Waals surface area (Å²) in [6.45, 7) is 5.62. The Bertz CT molecular complexity index is 421. The molecule has 28 heavy (non-hydrogen) atoms. The average molecular weight is 406 g/mol. The molecule has 0 atom stereocenters. The first-order valence-corrected chi connectivity index (χ1v) is 9.03. The zero-order chi connectivity index (χ0) is 21.0.